The first-order chi connectivity index (χ1) is 11.2. The zero-order valence-electron chi connectivity index (χ0n) is 14.8. The van der Waals surface area contributed by atoms with Crippen molar-refractivity contribution in [3.63, 3.8) is 0 Å². The molecule has 0 amide bonds. The third-order valence-corrected chi connectivity index (χ3v) is 5.16. The number of rotatable bonds is 4. The third-order valence-electron chi connectivity index (χ3n) is 5.16. The second-order valence-corrected chi connectivity index (χ2v) is 7.00. The number of nitrogens with one attached hydrogen (secondary N) is 2. The van der Waals surface area contributed by atoms with Crippen LogP contribution in [0.2, 0.25) is 0 Å². The molecule has 0 radical (unpaired) electrons. The van der Waals surface area contributed by atoms with Gasteiger partial charge in [0.25, 0.3) is 0 Å². The Morgan fingerprint density at radius 2 is 2.12 bits per heavy atom. The predicted octanol–water partition coefficient (Wildman–Crippen LogP) is 3.46. The number of halogens is 1. The molecule has 0 saturated carbocycles. The molecule has 2 unspecified atom stereocenters. The van der Waals surface area contributed by atoms with Crippen LogP contribution in [0.25, 0.3) is 0 Å². The normalized spacial score (nSPS) is 26.4. The Hall–Kier alpha value is -0.820. The topological polar surface area (TPSA) is 45.7 Å². The second kappa shape index (κ2) is 9.04. The summed E-state index contributed by atoms with van der Waals surface area (Å²) in [5.41, 5.74) is 2.97. The maximum atomic E-state index is 5.83. The monoisotopic (exact) mass is 443 g/mol. The molecule has 1 aliphatic carbocycles. The van der Waals surface area contributed by atoms with Gasteiger partial charge in [-0.3, -0.25) is 4.99 Å². The van der Waals surface area contributed by atoms with Gasteiger partial charge in [-0.1, -0.05) is 24.3 Å². The van der Waals surface area contributed by atoms with Crippen LogP contribution in [0.4, 0.5) is 0 Å². The summed E-state index contributed by atoms with van der Waals surface area (Å²) < 4.78 is 5.83. The number of guanidine groups is 1. The molecule has 1 aliphatic heterocycles. The summed E-state index contributed by atoms with van der Waals surface area (Å²) in [6.45, 7) is 4.81. The molecule has 0 aromatic heterocycles. The van der Waals surface area contributed by atoms with Crippen molar-refractivity contribution in [3.05, 3.63) is 35.4 Å². The first-order valence-corrected chi connectivity index (χ1v) is 8.86. The Bertz CT molecular complexity index is 555. The van der Waals surface area contributed by atoms with Crippen molar-refractivity contribution in [2.45, 2.75) is 50.5 Å². The zero-order valence-corrected chi connectivity index (χ0v) is 17.1. The molecule has 0 bridgehead atoms. The van der Waals surface area contributed by atoms with Crippen LogP contribution in [0.15, 0.2) is 29.3 Å². The maximum Gasteiger partial charge on any atom is 0.191 e. The van der Waals surface area contributed by atoms with Crippen molar-refractivity contribution in [3.8, 4) is 0 Å². The fraction of sp³-hybridized carbons (Fsp3) is 0.632. The van der Waals surface area contributed by atoms with E-state index in [4.69, 9.17) is 4.74 Å². The molecule has 24 heavy (non-hydrogen) atoms. The van der Waals surface area contributed by atoms with Gasteiger partial charge in [-0.05, 0) is 50.2 Å². The molecule has 4 nitrogen and oxygen atoms in total. The predicted molar refractivity (Wildman–Crippen MR) is 110 cm³/mol. The number of aryl methyl sites for hydroxylation is 1. The van der Waals surface area contributed by atoms with Crippen molar-refractivity contribution in [1.29, 1.82) is 0 Å². The fourth-order valence-electron chi connectivity index (χ4n) is 3.75. The van der Waals surface area contributed by atoms with Crippen molar-refractivity contribution < 1.29 is 4.74 Å². The molecule has 0 spiro atoms. The molecule has 1 aromatic carbocycles. The highest BCUT2D eigenvalue weighted by atomic mass is 127. The molecular formula is C19H30IN3O. The minimum atomic E-state index is -0.0466. The average molecular weight is 443 g/mol. The van der Waals surface area contributed by atoms with E-state index >= 15 is 0 Å². The van der Waals surface area contributed by atoms with Crippen LogP contribution < -0.4 is 10.6 Å². The summed E-state index contributed by atoms with van der Waals surface area (Å²) in [4.78, 5) is 4.36. The van der Waals surface area contributed by atoms with Gasteiger partial charge in [0, 0.05) is 32.7 Å². The highest BCUT2D eigenvalue weighted by Gasteiger charge is 2.29. The lowest BCUT2D eigenvalue weighted by atomic mass is 9.83. The first kappa shape index (κ1) is 19.5. The second-order valence-electron chi connectivity index (χ2n) is 7.00. The molecule has 134 valence electrons. The lowest BCUT2D eigenvalue weighted by molar-refractivity contribution is 0.0243. The third kappa shape index (κ3) is 4.85. The van der Waals surface area contributed by atoms with Crippen LogP contribution in [-0.4, -0.2) is 38.3 Å². The number of fused-ring (bicyclic) bond motifs is 1. The number of hydrogen-bond donors (Lipinski definition) is 2. The van der Waals surface area contributed by atoms with E-state index in [0.29, 0.717) is 5.92 Å². The molecule has 2 atom stereocenters. The number of benzene rings is 1. The first-order valence-electron chi connectivity index (χ1n) is 8.86. The highest BCUT2D eigenvalue weighted by molar-refractivity contribution is 14.0. The number of aliphatic imine (C=N–C) groups is 1. The largest absolute Gasteiger partial charge is 0.373 e. The molecule has 1 aromatic rings. The lowest BCUT2D eigenvalue weighted by Gasteiger charge is -2.28. The van der Waals surface area contributed by atoms with Crippen molar-refractivity contribution >= 4 is 29.9 Å². The Morgan fingerprint density at radius 1 is 1.29 bits per heavy atom. The van der Waals surface area contributed by atoms with Crippen LogP contribution in [0.1, 0.15) is 49.7 Å². The van der Waals surface area contributed by atoms with E-state index in [2.05, 4.69) is 46.8 Å². The van der Waals surface area contributed by atoms with Gasteiger partial charge in [-0.25, -0.2) is 0 Å². The van der Waals surface area contributed by atoms with E-state index in [1.54, 1.807) is 0 Å². The Morgan fingerprint density at radius 3 is 2.88 bits per heavy atom. The summed E-state index contributed by atoms with van der Waals surface area (Å²) >= 11 is 0. The van der Waals surface area contributed by atoms with Gasteiger partial charge < -0.3 is 15.4 Å². The smallest absolute Gasteiger partial charge is 0.191 e. The minimum Gasteiger partial charge on any atom is -0.373 e. The van der Waals surface area contributed by atoms with Gasteiger partial charge in [0.15, 0.2) is 5.96 Å². The van der Waals surface area contributed by atoms with Crippen LogP contribution >= 0.6 is 24.0 Å². The molecule has 1 fully saturated rings. The zero-order chi connectivity index (χ0) is 16.1. The van der Waals surface area contributed by atoms with Crippen molar-refractivity contribution in [2.75, 3.05) is 26.7 Å². The summed E-state index contributed by atoms with van der Waals surface area (Å²) in [6, 6.07) is 8.86. The summed E-state index contributed by atoms with van der Waals surface area (Å²) in [6.07, 6.45) is 6.02. The van der Waals surface area contributed by atoms with E-state index in [1.807, 2.05) is 7.05 Å². The summed E-state index contributed by atoms with van der Waals surface area (Å²) in [5, 5.41) is 6.93. The van der Waals surface area contributed by atoms with Crippen molar-refractivity contribution in [2.24, 2.45) is 4.99 Å². The standard InChI is InChI=1S/C19H29N3O.HI/c1-19(11-6-12-23-19)14-22-18(20-2)21-13-16-9-5-8-15-7-3-4-10-17(15)16;/h3-4,7,10,16H,5-6,8-9,11-14H2,1-2H3,(H2,20,21,22);1H. The van der Waals surface area contributed by atoms with Crippen LogP contribution in [0.3, 0.4) is 0 Å². The average Bonchev–Trinajstić information content (AvgIpc) is 3.02. The SMILES string of the molecule is CN=C(NCC1CCCc2ccccc21)NCC1(C)CCCO1.I. The Balaban J connectivity index is 0.00000208. The number of nitrogens with zero attached hydrogens (tertiary/aromatic N) is 1. The molecule has 2 aliphatic rings. The number of ether oxygens (including phenoxy) is 1. The molecule has 1 heterocycles. The van der Waals surface area contributed by atoms with E-state index < -0.39 is 0 Å². The van der Waals surface area contributed by atoms with Gasteiger partial charge >= 0.3 is 0 Å². The molecule has 2 N–H and O–H groups in total. The molecule has 1 saturated heterocycles. The van der Waals surface area contributed by atoms with Gasteiger partial charge in [0.2, 0.25) is 0 Å². The van der Waals surface area contributed by atoms with E-state index in [1.165, 1.54) is 30.4 Å². The van der Waals surface area contributed by atoms with Gasteiger partial charge in [0.1, 0.15) is 0 Å². The molecular weight excluding hydrogens is 413 g/mol. The Labute approximate surface area is 162 Å². The summed E-state index contributed by atoms with van der Waals surface area (Å²) in [7, 11) is 1.84. The Kier molecular flexibility index (Phi) is 7.34. The minimum absolute atomic E-state index is 0. The van der Waals surface area contributed by atoms with Crippen LogP contribution in [-0.2, 0) is 11.2 Å². The highest BCUT2D eigenvalue weighted by Crippen LogP contribution is 2.30. The molecule has 3 rings (SSSR count). The van der Waals surface area contributed by atoms with Crippen LogP contribution in [0, 0.1) is 0 Å². The fourth-order valence-corrected chi connectivity index (χ4v) is 3.75. The van der Waals surface area contributed by atoms with Gasteiger partial charge in [0.05, 0.1) is 5.60 Å². The summed E-state index contributed by atoms with van der Waals surface area (Å²) in [5.74, 6) is 1.46. The van der Waals surface area contributed by atoms with Gasteiger partial charge in [-0.2, -0.15) is 0 Å². The van der Waals surface area contributed by atoms with Crippen LogP contribution in [0.5, 0.6) is 0 Å². The molecule has 5 heteroatoms. The van der Waals surface area contributed by atoms with Crippen molar-refractivity contribution in [1.82, 2.24) is 10.6 Å². The lowest BCUT2D eigenvalue weighted by Crippen LogP contribution is -2.46. The quantitative estimate of drug-likeness (QED) is 0.426. The maximum absolute atomic E-state index is 5.83. The van der Waals surface area contributed by atoms with E-state index in [0.717, 1.165) is 38.5 Å². The van der Waals surface area contributed by atoms with E-state index in [9.17, 15) is 0 Å². The number of hydrogen-bond acceptors (Lipinski definition) is 2. The van der Waals surface area contributed by atoms with Gasteiger partial charge in [-0.15, -0.1) is 24.0 Å². The van der Waals surface area contributed by atoms with E-state index in [-0.39, 0.29) is 29.6 Å².